The summed E-state index contributed by atoms with van der Waals surface area (Å²) in [5.41, 5.74) is 8.91. The lowest BCUT2D eigenvalue weighted by Crippen LogP contribution is -2.36. The molecule has 7 heteroatoms. The number of benzene rings is 5. The van der Waals surface area contributed by atoms with Gasteiger partial charge in [-0.05, 0) is 143 Å². The molecule has 1 atom stereocenters. The quantitative estimate of drug-likeness (QED) is 0.158. The Morgan fingerprint density at radius 2 is 1.49 bits per heavy atom. The molecule has 5 aromatic rings. The van der Waals surface area contributed by atoms with Gasteiger partial charge in [-0.15, -0.1) is 0 Å². The molecule has 0 aromatic heterocycles. The van der Waals surface area contributed by atoms with E-state index in [1.54, 1.807) is 26.4 Å². The average Bonchev–Trinajstić information content (AvgIpc) is 3.48. The smallest absolute Gasteiger partial charge is 0.416 e. The molecule has 1 unspecified atom stereocenters. The van der Waals surface area contributed by atoms with Gasteiger partial charge in [-0.2, -0.15) is 13.2 Å². The van der Waals surface area contributed by atoms with Gasteiger partial charge in [-0.3, -0.25) is 0 Å². The highest BCUT2D eigenvalue weighted by Crippen LogP contribution is 2.59. The standard InChI is InChI=1S/C50H47F3O4/c1-48(2)44-29-34(33-9-14-37(15-10-33)50(51,52)53)11-21-41(44)45-40-22-20-39(55-4)30-43(40)47-42(46(45)48)23-26-49(57-47,36-16-18-38(54-3)19-17-36)35-12-7-31(8-13-35)5-6-32-24-27-56-28-25-32/h7,9-12,14-23,26,29-30,32H,5-6,8,13,24-25,27-28H2,1-4H3. The summed E-state index contributed by atoms with van der Waals surface area (Å²) in [4.78, 5) is 0. The van der Waals surface area contributed by atoms with Crippen molar-refractivity contribution in [2.75, 3.05) is 27.4 Å². The van der Waals surface area contributed by atoms with Crippen molar-refractivity contribution in [3.8, 4) is 39.5 Å². The van der Waals surface area contributed by atoms with Crippen LogP contribution in [0.25, 0.3) is 39.1 Å². The Bertz CT molecular complexity index is 2450. The van der Waals surface area contributed by atoms with Crippen molar-refractivity contribution in [3.63, 3.8) is 0 Å². The summed E-state index contributed by atoms with van der Waals surface area (Å²) in [6.07, 6.45) is 11.2. The van der Waals surface area contributed by atoms with Gasteiger partial charge in [0.2, 0.25) is 0 Å². The Morgan fingerprint density at radius 3 is 2.18 bits per heavy atom. The first-order chi connectivity index (χ1) is 27.5. The van der Waals surface area contributed by atoms with E-state index in [0.29, 0.717) is 0 Å². The molecule has 0 saturated carbocycles. The molecule has 1 saturated heterocycles. The third-order valence-corrected chi connectivity index (χ3v) is 12.8. The lowest BCUT2D eigenvalue weighted by Gasteiger charge is -2.40. The van der Waals surface area contributed by atoms with Crippen LogP contribution < -0.4 is 14.2 Å². The second kappa shape index (κ2) is 14.3. The first-order valence-electron chi connectivity index (χ1n) is 20.0. The third-order valence-electron chi connectivity index (χ3n) is 12.8. The fourth-order valence-corrected chi connectivity index (χ4v) is 9.60. The van der Waals surface area contributed by atoms with E-state index in [1.165, 1.54) is 23.1 Å². The second-order valence-corrected chi connectivity index (χ2v) is 16.4. The summed E-state index contributed by atoms with van der Waals surface area (Å²) < 4.78 is 64.8. The van der Waals surface area contributed by atoms with Gasteiger partial charge in [0.05, 0.1) is 19.8 Å². The van der Waals surface area contributed by atoms with Gasteiger partial charge in [0.25, 0.3) is 0 Å². The number of hydrogen-bond acceptors (Lipinski definition) is 4. The Kier molecular flexibility index (Phi) is 9.35. The Hall–Kier alpha value is -5.27. The summed E-state index contributed by atoms with van der Waals surface area (Å²) in [6, 6.07) is 26.1. The Labute approximate surface area is 332 Å². The van der Waals surface area contributed by atoms with Crippen LogP contribution in [0.15, 0.2) is 114 Å². The van der Waals surface area contributed by atoms with Crippen molar-refractivity contribution in [1.29, 1.82) is 0 Å². The van der Waals surface area contributed by atoms with E-state index in [1.807, 2.05) is 24.3 Å². The molecule has 1 fully saturated rings. The Morgan fingerprint density at radius 1 is 0.772 bits per heavy atom. The fraction of sp³-hybridized carbons (Fsp3) is 0.320. The van der Waals surface area contributed by atoms with E-state index in [0.717, 1.165) is 130 Å². The number of hydrogen-bond donors (Lipinski definition) is 0. The molecule has 2 heterocycles. The number of alkyl halides is 3. The van der Waals surface area contributed by atoms with Crippen LogP contribution in [0.2, 0.25) is 0 Å². The van der Waals surface area contributed by atoms with Gasteiger partial charge >= 0.3 is 6.18 Å². The number of methoxy groups -OCH3 is 2. The maximum atomic E-state index is 13.4. The topological polar surface area (TPSA) is 36.9 Å². The van der Waals surface area contributed by atoms with Crippen molar-refractivity contribution in [2.45, 2.75) is 69.6 Å². The molecule has 0 spiro atoms. The molecule has 0 N–H and O–H groups in total. The molecule has 0 amide bonds. The zero-order chi connectivity index (χ0) is 39.5. The summed E-state index contributed by atoms with van der Waals surface area (Å²) in [7, 11) is 3.37. The number of fused-ring (bicyclic) bond motifs is 8. The van der Waals surface area contributed by atoms with Crippen molar-refractivity contribution >= 4 is 16.8 Å². The van der Waals surface area contributed by atoms with E-state index >= 15 is 0 Å². The summed E-state index contributed by atoms with van der Waals surface area (Å²) >= 11 is 0. The first-order valence-corrected chi connectivity index (χ1v) is 20.0. The van der Waals surface area contributed by atoms with Crippen LogP contribution in [0.3, 0.4) is 0 Å². The Balaban J connectivity index is 1.17. The van der Waals surface area contributed by atoms with Gasteiger partial charge in [0, 0.05) is 35.1 Å². The van der Waals surface area contributed by atoms with Gasteiger partial charge in [-0.25, -0.2) is 0 Å². The highest BCUT2D eigenvalue weighted by atomic mass is 19.4. The molecule has 2 aliphatic carbocycles. The minimum atomic E-state index is -4.39. The van der Waals surface area contributed by atoms with Gasteiger partial charge in [0.15, 0.2) is 5.60 Å². The molecule has 4 aliphatic rings. The van der Waals surface area contributed by atoms with Crippen LogP contribution >= 0.6 is 0 Å². The van der Waals surface area contributed by atoms with Crippen molar-refractivity contribution in [1.82, 2.24) is 0 Å². The van der Waals surface area contributed by atoms with Crippen LogP contribution in [-0.2, 0) is 21.9 Å². The van der Waals surface area contributed by atoms with E-state index in [4.69, 9.17) is 18.9 Å². The molecule has 9 rings (SSSR count). The molecule has 0 radical (unpaired) electrons. The summed E-state index contributed by atoms with van der Waals surface area (Å²) in [5, 5.41) is 2.02. The van der Waals surface area contributed by atoms with Gasteiger partial charge in [-0.1, -0.05) is 74.0 Å². The van der Waals surface area contributed by atoms with Crippen molar-refractivity contribution in [2.24, 2.45) is 5.92 Å². The maximum Gasteiger partial charge on any atom is 0.416 e. The zero-order valence-electron chi connectivity index (χ0n) is 32.9. The average molecular weight is 769 g/mol. The SMILES string of the molecule is COc1ccc(C2(C3=CC=C(CCC4CCOCC4)CC3)C=Cc3c4c(c5ccc(OC)cc5c3O2)-c2ccc(-c3ccc(C(F)(F)F)cc3)cc2C4(C)C)cc1. The highest BCUT2D eigenvalue weighted by molar-refractivity contribution is 6.09. The third kappa shape index (κ3) is 6.44. The van der Waals surface area contributed by atoms with E-state index in [-0.39, 0.29) is 0 Å². The van der Waals surface area contributed by atoms with Crippen molar-refractivity contribution in [3.05, 3.63) is 142 Å². The molecule has 292 valence electrons. The van der Waals surface area contributed by atoms with Gasteiger partial charge < -0.3 is 18.9 Å². The highest BCUT2D eigenvalue weighted by Gasteiger charge is 2.45. The monoisotopic (exact) mass is 768 g/mol. The molecule has 57 heavy (non-hydrogen) atoms. The fourth-order valence-electron chi connectivity index (χ4n) is 9.60. The molecule has 0 bridgehead atoms. The summed E-state index contributed by atoms with van der Waals surface area (Å²) in [5.74, 6) is 3.06. The lowest BCUT2D eigenvalue weighted by molar-refractivity contribution is -0.137. The van der Waals surface area contributed by atoms with Crippen molar-refractivity contribution < 1.29 is 32.1 Å². The molecular formula is C50H47F3O4. The molecular weight excluding hydrogens is 722 g/mol. The minimum Gasteiger partial charge on any atom is -0.497 e. The number of allylic oxidation sites excluding steroid dienone is 3. The molecule has 4 nitrogen and oxygen atoms in total. The number of halogens is 3. The maximum absolute atomic E-state index is 13.4. The van der Waals surface area contributed by atoms with Crippen LogP contribution in [0.5, 0.6) is 17.2 Å². The van der Waals surface area contributed by atoms with Crippen LogP contribution in [-0.4, -0.2) is 27.4 Å². The van der Waals surface area contributed by atoms with Gasteiger partial charge in [0.1, 0.15) is 17.2 Å². The first kappa shape index (κ1) is 37.3. The molecule has 5 aromatic carbocycles. The summed E-state index contributed by atoms with van der Waals surface area (Å²) in [6.45, 7) is 6.22. The van der Waals surface area contributed by atoms with Crippen LogP contribution in [0.1, 0.15) is 80.2 Å². The zero-order valence-corrected chi connectivity index (χ0v) is 32.9. The normalized spacial score (nSPS) is 19.9. The lowest BCUT2D eigenvalue weighted by atomic mass is 9.75. The van der Waals surface area contributed by atoms with E-state index < -0.39 is 22.8 Å². The minimum absolute atomic E-state index is 0.454. The predicted molar refractivity (Wildman–Crippen MR) is 221 cm³/mol. The number of rotatable bonds is 8. The van der Waals surface area contributed by atoms with E-state index in [9.17, 15) is 13.2 Å². The van der Waals surface area contributed by atoms with Crippen LogP contribution in [0, 0.1) is 5.92 Å². The van der Waals surface area contributed by atoms with E-state index in [2.05, 4.69) is 74.5 Å². The van der Waals surface area contributed by atoms with Crippen LogP contribution in [0.4, 0.5) is 13.2 Å². The predicted octanol–water partition coefficient (Wildman–Crippen LogP) is 13.0. The largest absolute Gasteiger partial charge is 0.497 e. The number of ether oxygens (including phenoxy) is 4. The molecule has 2 aliphatic heterocycles. The second-order valence-electron chi connectivity index (χ2n) is 16.4.